The van der Waals surface area contributed by atoms with Gasteiger partial charge in [0, 0.05) is 25.2 Å². The number of hydrogen-bond acceptors (Lipinski definition) is 6. The SMILES string of the molecule is COC(=O)c1cc([N+](=O)[O-])ccc1S(=O)(=O)N1CCCC1. The van der Waals surface area contributed by atoms with Gasteiger partial charge in [-0.3, -0.25) is 10.1 Å². The Balaban J connectivity index is 2.57. The molecule has 0 N–H and O–H groups in total. The fraction of sp³-hybridized carbons (Fsp3) is 0.417. The van der Waals surface area contributed by atoms with Gasteiger partial charge in [-0.15, -0.1) is 0 Å². The number of carbonyl (C=O) groups excluding carboxylic acids is 1. The third kappa shape index (κ3) is 2.88. The molecule has 0 aliphatic carbocycles. The van der Waals surface area contributed by atoms with E-state index in [1.807, 2.05) is 0 Å². The highest BCUT2D eigenvalue weighted by Gasteiger charge is 2.32. The van der Waals surface area contributed by atoms with Gasteiger partial charge in [0.05, 0.1) is 22.5 Å². The molecule has 0 unspecified atom stereocenters. The quantitative estimate of drug-likeness (QED) is 0.469. The van der Waals surface area contributed by atoms with E-state index in [9.17, 15) is 23.3 Å². The van der Waals surface area contributed by atoms with Crippen molar-refractivity contribution in [3.8, 4) is 0 Å². The van der Waals surface area contributed by atoms with Gasteiger partial charge < -0.3 is 4.74 Å². The van der Waals surface area contributed by atoms with Crippen LogP contribution < -0.4 is 0 Å². The highest BCUT2D eigenvalue weighted by Crippen LogP contribution is 2.27. The molecule has 1 aromatic rings. The van der Waals surface area contributed by atoms with Crippen LogP contribution in [0.2, 0.25) is 0 Å². The fourth-order valence-electron chi connectivity index (χ4n) is 2.19. The lowest BCUT2D eigenvalue weighted by Gasteiger charge is -2.17. The molecule has 0 amide bonds. The molecule has 0 aromatic heterocycles. The summed E-state index contributed by atoms with van der Waals surface area (Å²) in [5.74, 6) is -0.920. The third-order valence-corrected chi connectivity index (χ3v) is 5.22. The zero-order valence-corrected chi connectivity index (χ0v) is 12.1. The molecular weight excluding hydrogens is 300 g/mol. The fourth-order valence-corrected chi connectivity index (χ4v) is 3.87. The van der Waals surface area contributed by atoms with Crippen molar-refractivity contribution in [2.24, 2.45) is 0 Å². The van der Waals surface area contributed by atoms with Gasteiger partial charge in [0.1, 0.15) is 0 Å². The van der Waals surface area contributed by atoms with Crippen LogP contribution in [0.5, 0.6) is 0 Å². The van der Waals surface area contributed by atoms with Crippen LogP contribution in [-0.2, 0) is 14.8 Å². The van der Waals surface area contributed by atoms with Gasteiger partial charge >= 0.3 is 5.97 Å². The second-order valence-corrected chi connectivity index (χ2v) is 6.45. The summed E-state index contributed by atoms with van der Waals surface area (Å²) >= 11 is 0. The Morgan fingerprint density at radius 2 is 1.95 bits per heavy atom. The number of nitro benzene ring substituents is 1. The molecule has 9 heteroatoms. The number of ether oxygens (including phenoxy) is 1. The highest BCUT2D eigenvalue weighted by atomic mass is 32.2. The van der Waals surface area contributed by atoms with E-state index in [-0.39, 0.29) is 16.1 Å². The normalized spacial score (nSPS) is 15.9. The van der Waals surface area contributed by atoms with Crippen LogP contribution in [0.3, 0.4) is 0 Å². The number of esters is 1. The van der Waals surface area contributed by atoms with E-state index < -0.39 is 20.9 Å². The largest absolute Gasteiger partial charge is 0.465 e. The van der Waals surface area contributed by atoms with Gasteiger partial charge in [-0.2, -0.15) is 4.31 Å². The smallest absolute Gasteiger partial charge is 0.339 e. The number of benzene rings is 1. The van der Waals surface area contributed by atoms with Crippen molar-refractivity contribution < 1.29 is 22.9 Å². The Bertz CT molecular complexity index is 679. The van der Waals surface area contributed by atoms with Crippen LogP contribution in [0.1, 0.15) is 23.2 Å². The summed E-state index contributed by atoms with van der Waals surface area (Å²) in [6.07, 6.45) is 1.50. The number of carbonyl (C=O) groups is 1. The monoisotopic (exact) mass is 314 g/mol. The zero-order chi connectivity index (χ0) is 15.6. The second kappa shape index (κ2) is 5.78. The third-order valence-electron chi connectivity index (χ3n) is 3.26. The Morgan fingerprint density at radius 1 is 1.33 bits per heavy atom. The summed E-state index contributed by atoms with van der Waals surface area (Å²) < 4.78 is 30.8. The second-order valence-electron chi connectivity index (χ2n) is 4.54. The van der Waals surface area contributed by atoms with Gasteiger partial charge in [0.2, 0.25) is 10.0 Å². The molecule has 2 rings (SSSR count). The maximum absolute atomic E-state index is 12.5. The van der Waals surface area contributed by atoms with E-state index in [1.54, 1.807) is 0 Å². The van der Waals surface area contributed by atoms with E-state index in [2.05, 4.69) is 4.74 Å². The van der Waals surface area contributed by atoms with E-state index in [1.165, 1.54) is 4.31 Å². The van der Waals surface area contributed by atoms with Crippen LogP contribution in [0.25, 0.3) is 0 Å². The van der Waals surface area contributed by atoms with Crippen LogP contribution in [-0.4, -0.2) is 43.8 Å². The highest BCUT2D eigenvalue weighted by molar-refractivity contribution is 7.89. The predicted octanol–water partition coefficient (Wildman–Crippen LogP) is 1.17. The first-order chi connectivity index (χ1) is 9.87. The lowest BCUT2D eigenvalue weighted by atomic mass is 10.2. The average Bonchev–Trinajstić information content (AvgIpc) is 3.00. The maximum atomic E-state index is 12.5. The Labute approximate surface area is 121 Å². The molecule has 1 aliphatic rings. The van der Waals surface area contributed by atoms with E-state index in [4.69, 9.17) is 0 Å². The lowest BCUT2D eigenvalue weighted by Crippen LogP contribution is -2.29. The number of nitro groups is 1. The molecule has 0 spiro atoms. The van der Waals surface area contributed by atoms with E-state index >= 15 is 0 Å². The summed E-state index contributed by atoms with van der Waals surface area (Å²) in [6, 6.07) is 3.07. The number of nitrogens with zero attached hydrogens (tertiary/aromatic N) is 2. The van der Waals surface area contributed by atoms with Crippen LogP contribution in [0.4, 0.5) is 5.69 Å². The van der Waals surface area contributed by atoms with Crippen LogP contribution in [0, 0.1) is 10.1 Å². The summed E-state index contributed by atoms with van der Waals surface area (Å²) in [6.45, 7) is 0.750. The average molecular weight is 314 g/mol. The van der Waals surface area contributed by atoms with Crippen LogP contribution in [0.15, 0.2) is 23.1 Å². The van der Waals surface area contributed by atoms with Gasteiger partial charge in [0.25, 0.3) is 5.69 Å². The molecule has 0 bridgehead atoms. The van der Waals surface area contributed by atoms with Gasteiger partial charge in [-0.1, -0.05) is 0 Å². The Kier molecular flexibility index (Phi) is 4.24. The molecule has 1 saturated heterocycles. The van der Waals surface area contributed by atoms with Gasteiger partial charge in [-0.25, -0.2) is 13.2 Å². The molecule has 1 fully saturated rings. The zero-order valence-electron chi connectivity index (χ0n) is 11.3. The first-order valence-corrected chi connectivity index (χ1v) is 7.69. The number of sulfonamides is 1. The minimum absolute atomic E-state index is 0.262. The molecule has 0 saturated carbocycles. The molecule has 8 nitrogen and oxygen atoms in total. The molecule has 0 atom stereocenters. The Morgan fingerprint density at radius 3 is 2.48 bits per heavy atom. The molecule has 114 valence electrons. The maximum Gasteiger partial charge on any atom is 0.339 e. The van der Waals surface area contributed by atoms with Crippen molar-refractivity contribution in [1.29, 1.82) is 0 Å². The summed E-state index contributed by atoms with van der Waals surface area (Å²) in [5.41, 5.74) is -0.686. The van der Waals surface area contributed by atoms with Crippen molar-refractivity contribution >= 4 is 21.7 Å². The van der Waals surface area contributed by atoms with E-state index in [0.29, 0.717) is 13.1 Å². The summed E-state index contributed by atoms with van der Waals surface area (Å²) in [7, 11) is -2.77. The van der Waals surface area contributed by atoms with Crippen molar-refractivity contribution in [3.05, 3.63) is 33.9 Å². The minimum atomic E-state index is -3.86. The van der Waals surface area contributed by atoms with Crippen molar-refractivity contribution in [2.45, 2.75) is 17.7 Å². The standard InChI is InChI=1S/C12H14N2O6S/c1-20-12(15)10-8-9(14(16)17)4-5-11(10)21(18,19)13-6-2-3-7-13/h4-5,8H,2-3,6-7H2,1H3. The van der Waals surface area contributed by atoms with Gasteiger partial charge in [-0.05, 0) is 18.9 Å². The van der Waals surface area contributed by atoms with Crippen molar-refractivity contribution in [1.82, 2.24) is 4.31 Å². The summed E-state index contributed by atoms with van der Waals surface area (Å²) in [4.78, 5) is 21.6. The van der Waals surface area contributed by atoms with E-state index in [0.717, 1.165) is 38.2 Å². The molecule has 1 heterocycles. The van der Waals surface area contributed by atoms with Crippen LogP contribution >= 0.6 is 0 Å². The minimum Gasteiger partial charge on any atom is -0.465 e. The number of hydrogen-bond donors (Lipinski definition) is 0. The summed E-state index contributed by atoms with van der Waals surface area (Å²) in [5, 5.41) is 10.8. The first kappa shape index (κ1) is 15.4. The molecule has 1 aromatic carbocycles. The lowest BCUT2D eigenvalue weighted by molar-refractivity contribution is -0.384. The first-order valence-electron chi connectivity index (χ1n) is 6.25. The number of methoxy groups -OCH3 is 1. The Hall–Kier alpha value is -2.00. The van der Waals surface area contributed by atoms with Crippen molar-refractivity contribution in [2.75, 3.05) is 20.2 Å². The number of rotatable bonds is 4. The number of non-ortho nitro benzene ring substituents is 1. The molecule has 21 heavy (non-hydrogen) atoms. The topological polar surface area (TPSA) is 107 Å². The predicted molar refractivity (Wildman–Crippen MR) is 72.4 cm³/mol. The van der Waals surface area contributed by atoms with Crippen molar-refractivity contribution in [3.63, 3.8) is 0 Å². The van der Waals surface area contributed by atoms with Gasteiger partial charge in [0.15, 0.2) is 0 Å². The molecular formula is C12H14N2O6S. The molecule has 0 radical (unpaired) electrons. The molecule has 1 aliphatic heterocycles.